The highest BCUT2D eigenvalue weighted by Gasteiger charge is 2.22. The van der Waals surface area contributed by atoms with Gasteiger partial charge >= 0.3 is 0 Å². The second-order valence-corrected chi connectivity index (χ2v) is 7.33. The standard InChI is InChI=1S/C16H29N3S/c1-4-14-8-6-5-7-9-19(14)16-18-12-15(20-16)11-17-10-13(2)3/h12-14,17H,4-11H2,1-3H3. The molecular formula is C16H29N3S. The lowest BCUT2D eigenvalue weighted by Gasteiger charge is -2.28. The predicted molar refractivity (Wildman–Crippen MR) is 88.6 cm³/mol. The number of aromatic nitrogens is 1. The summed E-state index contributed by atoms with van der Waals surface area (Å²) in [6.45, 7) is 10.0. The molecule has 0 amide bonds. The van der Waals surface area contributed by atoms with Gasteiger partial charge in [0.2, 0.25) is 0 Å². The summed E-state index contributed by atoms with van der Waals surface area (Å²) in [5, 5.41) is 4.74. The highest BCUT2D eigenvalue weighted by molar-refractivity contribution is 7.15. The number of hydrogen-bond donors (Lipinski definition) is 1. The maximum absolute atomic E-state index is 4.68. The Morgan fingerprint density at radius 1 is 1.40 bits per heavy atom. The molecule has 1 aromatic heterocycles. The number of nitrogens with zero attached hydrogens (tertiary/aromatic N) is 2. The third kappa shape index (κ3) is 4.45. The van der Waals surface area contributed by atoms with Crippen LogP contribution in [-0.4, -0.2) is 24.1 Å². The minimum Gasteiger partial charge on any atom is -0.345 e. The molecule has 2 rings (SSSR count). The molecule has 1 aliphatic heterocycles. The summed E-state index contributed by atoms with van der Waals surface area (Å²) in [5.74, 6) is 0.706. The molecule has 0 radical (unpaired) electrons. The van der Waals surface area contributed by atoms with Gasteiger partial charge in [-0.3, -0.25) is 0 Å². The first-order valence-corrected chi connectivity index (χ1v) is 8.94. The van der Waals surface area contributed by atoms with Crippen molar-refractivity contribution in [1.82, 2.24) is 10.3 Å². The maximum Gasteiger partial charge on any atom is 0.185 e. The van der Waals surface area contributed by atoms with Crippen LogP contribution in [0, 0.1) is 5.92 Å². The molecule has 0 saturated carbocycles. The van der Waals surface area contributed by atoms with Crippen molar-refractivity contribution in [3.05, 3.63) is 11.1 Å². The van der Waals surface area contributed by atoms with E-state index in [1.165, 1.54) is 48.7 Å². The molecule has 1 fully saturated rings. The molecule has 1 saturated heterocycles. The Bertz CT molecular complexity index is 389. The van der Waals surface area contributed by atoms with Crippen LogP contribution in [0.2, 0.25) is 0 Å². The van der Waals surface area contributed by atoms with Gasteiger partial charge in [-0.05, 0) is 31.7 Å². The van der Waals surface area contributed by atoms with Crippen molar-refractivity contribution in [2.45, 2.75) is 65.5 Å². The van der Waals surface area contributed by atoms with Crippen LogP contribution in [0.4, 0.5) is 5.13 Å². The minimum atomic E-state index is 0.695. The molecule has 1 N–H and O–H groups in total. The Balaban J connectivity index is 1.95. The minimum absolute atomic E-state index is 0.695. The van der Waals surface area contributed by atoms with Crippen molar-refractivity contribution < 1.29 is 0 Å². The third-order valence-corrected chi connectivity index (χ3v) is 5.02. The van der Waals surface area contributed by atoms with E-state index in [4.69, 9.17) is 0 Å². The van der Waals surface area contributed by atoms with Crippen LogP contribution in [0.15, 0.2) is 6.20 Å². The van der Waals surface area contributed by atoms with E-state index in [9.17, 15) is 0 Å². The summed E-state index contributed by atoms with van der Waals surface area (Å²) in [6.07, 6.45) is 8.70. The van der Waals surface area contributed by atoms with Gasteiger partial charge < -0.3 is 10.2 Å². The van der Waals surface area contributed by atoms with Gasteiger partial charge in [0.25, 0.3) is 0 Å². The van der Waals surface area contributed by atoms with E-state index < -0.39 is 0 Å². The predicted octanol–water partition coefficient (Wildman–Crippen LogP) is 4.05. The Labute approximate surface area is 127 Å². The molecule has 0 aliphatic carbocycles. The molecule has 20 heavy (non-hydrogen) atoms. The SMILES string of the molecule is CCC1CCCCCN1c1ncc(CNCC(C)C)s1. The lowest BCUT2D eigenvalue weighted by atomic mass is 10.1. The number of anilines is 1. The van der Waals surface area contributed by atoms with Crippen LogP contribution in [-0.2, 0) is 6.54 Å². The molecular weight excluding hydrogens is 266 g/mol. The molecule has 0 spiro atoms. The van der Waals surface area contributed by atoms with Crippen LogP contribution in [0.3, 0.4) is 0 Å². The lowest BCUT2D eigenvalue weighted by Crippen LogP contribution is -2.34. The first kappa shape index (κ1) is 15.8. The molecule has 4 heteroatoms. The van der Waals surface area contributed by atoms with Crippen molar-refractivity contribution in [2.75, 3.05) is 18.0 Å². The fourth-order valence-corrected chi connectivity index (χ4v) is 3.83. The van der Waals surface area contributed by atoms with E-state index in [1.807, 2.05) is 11.3 Å². The van der Waals surface area contributed by atoms with Gasteiger partial charge in [0, 0.05) is 30.2 Å². The van der Waals surface area contributed by atoms with Crippen LogP contribution in [0.1, 0.15) is 57.8 Å². The molecule has 1 unspecified atom stereocenters. The van der Waals surface area contributed by atoms with Crippen molar-refractivity contribution in [3.8, 4) is 0 Å². The van der Waals surface area contributed by atoms with Crippen molar-refractivity contribution >= 4 is 16.5 Å². The first-order chi connectivity index (χ1) is 9.70. The number of thiazole rings is 1. The fourth-order valence-electron chi connectivity index (χ4n) is 2.85. The summed E-state index contributed by atoms with van der Waals surface area (Å²) in [4.78, 5) is 8.60. The zero-order valence-electron chi connectivity index (χ0n) is 13.2. The van der Waals surface area contributed by atoms with Crippen LogP contribution < -0.4 is 10.2 Å². The Kier molecular flexibility index (Phi) is 6.30. The zero-order valence-corrected chi connectivity index (χ0v) is 14.0. The average Bonchev–Trinajstić information content (AvgIpc) is 2.75. The fraction of sp³-hybridized carbons (Fsp3) is 0.812. The summed E-state index contributed by atoms with van der Waals surface area (Å²) >= 11 is 1.87. The largest absolute Gasteiger partial charge is 0.345 e. The first-order valence-electron chi connectivity index (χ1n) is 8.12. The van der Waals surface area contributed by atoms with E-state index in [2.05, 4.69) is 42.2 Å². The molecule has 2 heterocycles. The third-order valence-electron chi connectivity index (χ3n) is 3.99. The van der Waals surface area contributed by atoms with E-state index in [1.54, 1.807) is 0 Å². The lowest BCUT2D eigenvalue weighted by molar-refractivity contribution is 0.554. The second kappa shape index (κ2) is 7.99. The summed E-state index contributed by atoms with van der Waals surface area (Å²) < 4.78 is 0. The summed E-state index contributed by atoms with van der Waals surface area (Å²) in [5.41, 5.74) is 0. The van der Waals surface area contributed by atoms with Crippen molar-refractivity contribution in [1.29, 1.82) is 0 Å². The smallest absolute Gasteiger partial charge is 0.185 e. The van der Waals surface area contributed by atoms with Gasteiger partial charge in [0.05, 0.1) is 0 Å². The van der Waals surface area contributed by atoms with Crippen LogP contribution >= 0.6 is 11.3 Å². The average molecular weight is 295 g/mol. The van der Waals surface area contributed by atoms with E-state index in [0.29, 0.717) is 12.0 Å². The molecule has 1 aliphatic rings. The molecule has 3 nitrogen and oxygen atoms in total. The van der Waals surface area contributed by atoms with Gasteiger partial charge in [-0.1, -0.05) is 33.6 Å². The summed E-state index contributed by atoms with van der Waals surface area (Å²) in [6, 6.07) is 0.695. The second-order valence-electron chi connectivity index (χ2n) is 6.24. The highest BCUT2D eigenvalue weighted by Crippen LogP contribution is 2.29. The maximum atomic E-state index is 4.68. The summed E-state index contributed by atoms with van der Waals surface area (Å²) in [7, 11) is 0. The molecule has 114 valence electrons. The highest BCUT2D eigenvalue weighted by atomic mass is 32.1. The van der Waals surface area contributed by atoms with Gasteiger partial charge in [0.1, 0.15) is 0 Å². The van der Waals surface area contributed by atoms with E-state index in [0.717, 1.165) is 13.1 Å². The van der Waals surface area contributed by atoms with Crippen LogP contribution in [0.5, 0.6) is 0 Å². The van der Waals surface area contributed by atoms with Crippen molar-refractivity contribution in [3.63, 3.8) is 0 Å². The van der Waals surface area contributed by atoms with Gasteiger partial charge in [-0.15, -0.1) is 11.3 Å². The van der Waals surface area contributed by atoms with Gasteiger partial charge in [-0.25, -0.2) is 4.98 Å². The van der Waals surface area contributed by atoms with Gasteiger partial charge in [-0.2, -0.15) is 0 Å². The van der Waals surface area contributed by atoms with Crippen LogP contribution in [0.25, 0.3) is 0 Å². The normalized spacial score (nSPS) is 20.4. The monoisotopic (exact) mass is 295 g/mol. The molecule has 0 aromatic carbocycles. The Hall–Kier alpha value is -0.610. The Morgan fingerprint density at radius 3 is 3.00 bits per heavy atom. The molecule has 0 bridgehead atoms. The zero-order chi connectivity index (χ0) is 14.4. The number of nitrogens with one attached hydrogen (secondary N) is 1. The number of hydrogen-bond acceptors (Lipinski definition) is 4. The van der Waals surface area contributed by atoms with E-state index >= 15 is 0 Å². The topological polar surface area (TPSA) is 28.2 Å². The van der Waals surface area contributed by atoms with Crippen molar-refractivity contribution in [2.24, 2.45) is 5.92 Å². The quantitative estimate of drug-likeness (QED) is 0.858. The number of rotatable bonds is 6. The molecule has 1 atom stereocenters. The Morgan fingerprint density at radius 2 is 2.25 bits per heavy atom. The van der Waals surface area contributed by atoms with Gasteiger partial charge in [0.15, 0.2) is 5.13 Å². The molecule has 1 aromatic rings. The van der Waals surface area contributed by atoms with E-state index in [-0.39, 0.29) is 0 Å².